The maximum Gasteiger partial charge on any atom is 0.253 e. The number of alkyl halides is 1. The molecule has 1 N–H and O–H groups in total. The molecule has 5 rings (SSSR count). The Balaban J connectivity index is 1.44. The van der Waals surface area contributed by atoms with E-state index in [-0.39, 0.29) is 23.1 Å². The second kappa shape index (κ2) is 6.28. The molecule has 2 aliphatic carbocycles. The molecule has 2 saturated carbocycles. The monoisotopic (exact) mass is 372 g/mol. The predicted molar refractivity (Wildman–Crippen MR) is 103 cm³/mol. The largest absolute Gasteiger partial charge is 0.358 e. The smallest absolute Gasteiger partial charge is 0.253 e. The number of nitrogens with one attached hydrogen (secondary N) is 1. The van der Waals surface area contributed by atoms with Gasteiger partial charge in [-0.1, -0.05) is 49.1 Å². The van der Waals surface area contributed by atoms with Crippen LogP contribution in [-0.2, 0) is 4.74 Å². The lowest BCUT2D eigenvalue weighted by Gasteiger charge is -2.33. The summed E-state index contributed by atoms with van der Waals surface area (Å²) in [5.41, 5.74) is 1.55. The third-order valence-electron chi connectivity index (χ3n) is 6.61. The number of hydrogen-bond acceptors (Lipinski definition) is 2. The van der Waals surface area contributed by atoms with Gasteiger partial charge >= 0.3 is 0 Å². The molecule has 5 heteroatoms. The zero-order valence-corrected chi connectivity index (χ0v) is 15.7. The molecule has 3 aliphatic rings. The Hall–Kier alpha value is -1.52. The molecule has 4 nitrogen and oxygen atoms in total. The normalized spacial score (nSPS) is 27.9. The van der Waals surface area contributed by atoms with E-state index in [0.29, 0.717) is 12.5 Å². The molecule has 138 valence electrons. The third-order valence-corrected chi connectivity index (χ3v) is 7.03. The number of amides is 1. The number of aromatic nitrogens is 1. The van der Waals surface area contributed by atoms with Crippen LogP contribution in [0.5, 0.6) is 0 Å². The quantitative estimate of drug-likeness (QED) is 0.796. The van der Waals surface area contributed by atoms with Gasteiger partial charge in [-0.25, -0.2) is 0 Å². The van der Waals surface area contributed by atoms with Crippen LogP contribution in [0.1, 0.15) is 61.3 Å². The lowest BCUT2D eigenvalue weighted by Crippen LogP contribution is -2.43. The van der Waals surface area contributed by atoms with E-state index in [4.69, 9.17) is 16.3 Å². The van der Waals surface area contributed by atoms with E-state index in [9.17, 15) is 4.79 Å². The molecule has 26 heavy (non-hydrogen) atoms. The summed E-state index contributed by atoms with van der Waals surface area (Å²) in [5, 5.41) is 4.43. The number of benzene rings is 1. The van der Waals surface area contributed by atoms with Crippen molar-refractivity contribution >= 4 is 28.4 Å². The van der Waals surface area contributed by atoms with Crippen molar-refractivity contribution in [3.05, 3.63) is 36.0 Å². The van der Waals surface area contributed by atoms with E-state index >= 15 is 0 Å². The number of nitrogens with zero attached hydrogens (tertiary/aromatic N) is 1. The van der Waals surface area contributed by atoms with Gasteiger partial charge in [0.25, 0.3) is 5.91 Å². The van der Waals surface area contributed by atoms with Gasteiger partial charge < -0.3 is 14.6 Å². The highest BCUT2D eigenvalue weighted by molar-refractivity contribution is 6.20. The lowest BCUT2D eigenvalue weighted by molar-refractivity contribution is -0.0523. The standard InChI is InChI=1S/C21H25ClN2O2/c22-19-18(13-26-19)24-12-16(15-8-4-5-9-17(15)24)20(25)23-21(10-11-21)14-6-2-1-3-7-14/h4-5,8-9,12,14,18-19H,1-3,6-7,10-11,13H2,(H,23,25). The highest BCUT2D eigenvalue weighted by atomic mass is 35.5. The summed E-state index contributed by atoms with van der Waals surface area (Å²) in [7, 11) is 0. The SMILES string of the molecule is O=C(NC1(C2CCCCC2)CC1)c1cn(C2COC2Cl)c2ccccc12. The summed E-state index contributed by atoms with van der Waals surface area (Å²) in [5.74, 6) is 0.718. The minimum absolute atomic E-state index is 0.0509. The zero-order chi connectivity index (χ0) is 17.7. The molecule has 1 aliphatic heterocycles. The maximum atomic E-state index is 13.2. The van der Waals surface area contributed by atoms with Gasteiger partial charge in [0.1, 0.15) is 0 Å². The summed E-state index contributed by atoms with van der Waals surface area (Å²) < 4.78 is 7.45. The van der Waals surface area contributed by atoms with Gasteiger partial charge in [0.05, 0.1) is 18.2 Å². The molecular weight excluding hydrogens is 348 g/mol. The summed E-state index contributed by atoms with van der Waals surface area (Å²) in [4.78, 5) is 13.2. The summed E-state index contributed by atoms with van der Waals surface area (Å²) >= 11 is 6.21. The van der Waals surface area contributed by atoms with Crippen molar-refractivity contribution in [3.63, 3.8) is 0 Å². The molecule has 3 fully saturated rings. The van der Waals surface area contributed by atoms with Crippen molar-refractivity contribution in [1.82, 2.24) is 9.88 Å². The van der Waals surface area contributed by atoms with Crippen molar-refractivity contribution in [1.29, 1.82) is 0 Å². The van der Waals surface area contributed by atoms with Gasteiger partial charge in [-0.3, -0.25) is 4.79 Å². The van der Waals surface area contributed by atoms with Gasteiger partial charge in [-0.05, 0) is 37.7 Å². The summed E-state index contributed by atoms with van der Waals surface area (Å²) in [6.45, 7) is 0.597. The second-order valence-electron chi connectivity index (χ2n) is 8.16. The summed E-state index contributed by atoms with van der Waals surface area (Å²) in [6, 6.07) is 8.18. The number of halogens is 1. The van der Waals surface area contributed by atoms with Gasteiger partial charge in [0.15, 0.2) is 5.56 Å². The summed E-state index contributed by atoms with van der Waals surface area (Å²) in [6.07, 6.45) is 10.7. The molecule has 1 saturated heterocycles. The maximum absolute atomic E-state index is 13.2. The first kappa shape index (κ1) is 16.6. The fraction of sp³-hybridized carbons (Fsp3) is 0.571. The highest BCUT2D eigenvalue weighted by Gasteiger charge is 2.50. The van der Waals surface area contributed by atoms with Crippen LogP contribution in [0.3, 0.4) is 0 Å². The second-order valence-corrected chi connectivity index (χ2v) is 8.59. The number of carbonyl (C=O) groups is 1. The molecule has 0 spiro atoms. The van der Waals surface area contributed by atoms with Crippen molar-refractivity contribution in [2.45, 2.75) is 62.1 Å². The molecule has 0 bridgehead atoms. The van der Waals surface area contributed by atoms with E-state index in [1.807, 2.05) is 24.4 Å². The van der Waals surface area contributed by atoms with Crippen molar-refractivity contribution < 1.29 is 9.53 Å². The van der Waals surface area contributed by atoms with Gasteiger partial charge in [-0.15, -0.1) is 0 Å². The Morgan fingerprint density at radius 2 is 1.96 bits per heavy atom. The lowest BCUT2D eigenvalue weighted by atomic mass is 9.82. The Labute approximate surface area is 158 Å². The van der Waals surface area contributed by atoms with Gasteiger partial charge in [0.2, 0.25) is 0 Å². The van der Waals surface area contributed by atoms with Crippen molar-refractivity contribution in [2.24, 2.45) is 5.92 Å². The topological polar surface area (TPSA) is 43.3 Å². The fourth-order valence-electron chi connectivity index (χ4n) is 4.84. The van der Waals surface area contributed by atoms with Crippen LogP contribution in [0.4, 0.5) is 0 Å². The molecular formula is C21H25ClN2O2. The number of rotatable bonds is 4. The minimum Gasteiger partial charge on any atom is -0.358 e. The number of fused-ring (bicyclic) bond motifs is 1. The van der Waals surface area contributed by atoms with Crippen molar-refractivity contribution in [3.8, 4) is 0 Å². The van der Waals surface area contributed by atoms with Gasteiger partial charge in [-0.2, -0.15) is 0 Å². The number of para-hydroxylation sites is 1. The Morgan fingerprint density at radius 3 is 2.62 bits per heavy atom. The van der Waals surface area contributed by atoms with Gasteiger partial charge in [0, 0.05) is 22.6 Å². The minimum atomic E-state index is -0.321. The first-order chi connectivity index (χ1) is 12.7. The van der Waals surface area contributed by atoms with Crippen LogP contribution >= 0.6 is 11.6 Å². The third kappa shape index (κ3) is 2.66. The van der Waals surface area contributed by atoms with Crippen LogP contribution < -0.4 is 5.32 Å². The van der Waals surface area contributed by atoms with E-state index < -0.39 is 0 Å². The fourth-order valence-corrected chi connectivity index (χ4v) is 5.11. The molecule has 2 atom stereocenters. The zero-order valence-electron chi connectivity index (χ0n) is 14.9. The van der Waals surface area contributed by atoms with E-state index in [0.717, 1.165) is 29.3 Å². The van der Waals surface area contributed by atoms with Crippen LogP contribution in [0.25, 0.3) is 10.9 Å². The highest BCUT2D eigenvalue weighted by Crippen LogP contribution is 2.48. The average molecular weight is 373 g/mol. The van der Waals surface area contributed by atoms with Crippen LogP contribution in [0.2, 0.25) is 0 Å². The van der Waals surface area contributed by atoms with E-state index in [1.165, 1.54) is 32.1 Å². The van der Waals surface area contributed by atoms with E-state index in [1.54, 1.807) is 0 Å². The molecule has 1 aromatic heterocycles. The number of hydrogen-bond donors (Lipinski definition) is 1. The van der Waals surface area contributed by atoms with Crippen molar-refractivity contribution in [2.75, 3.05) is 6.61 Å². The first-order valence-corrected chi connectivity index (χ1v) is 10.3. The molecule has 0 radical (unpaired) electrons. The average Bonchev–Trinajstić information content (AvgIpc) is 3.36. The van der Waals surface area contributed by atoms with Crippen LogP contribution in [0, 0.1) is 5.92 Å². The predicted octanol–water partition coefficient (Wildman–Crippen LogP) is 4.62. The number of carbonyl (C=O) groups excluding carboxylic acids is 1. The number of ether oxygens (including phenoxy) is 1. The molecule has 1 amide bonds. The Kier molecular flexibility index (Phi) is 4.02. The van der Waals surface area contributed by atoms with Crippen LogP contribution in [0.15, 0.2) is 30.5 Å². The Morgan fingerprint density at radius 1 is 1.19 bits per heavy atom. The Bertz CT molecular complexity index is 836. The molecule has 2 unspecified atom stereocenters. The molecule has 1 aromatic carbocycles. The molecule has 2 heterocycles. The van der Waals surface area contributed by atoms with Crippen LogP contribution in [-0.4, -0.2) is 28.2 Å². The first-order valence-electron chi connectivity index (χ1n) is 9.86. The van der Waals surface area contributed by atoms with E-state index in [2.05, 4.69) is 16.0 Å². The molecule has 2 aromatic rings.